The summed E-state index contributed by atoms with van der Waals surface area (Å²) in [5.41, 5.74) is 2.78. The molecular weight excluding hydrogens is 280 g/mol. The monoisotopic (exact) mass is 296 g/mol. The molecule has 0 aliphatic heterocycles. The van der Waals surface area contributed by atoms with Crippen LogP contribution in [0.15, 0.2) is 73.1 Å². The minimum atomic E-state index is -0.807. The molecule has 0 amide bonds. The zero-order chi connectivity index (χ0) is 15.4. The lowest BCUT2D eigenvalue weighted by Gasteiger charge is -2.03. The predicted molar refractivity (Wildman–Crippen MR) is 81.3 cm³/mol. The molecule has 0 saturated carbocycles. The van der Waals surface area contributed by atoms with Gasteiger partial charge in [0.05, 0.1) is 5.56 Å². The van der Waals surface area contributed by atoms with Gasteiger partial charge in [-0.1, -0.05) is 36.4 Å². The molecule has 0 fully saturated rings. The molecule has 0 spiro atoms. The SMILES string of the molecule is Fc1cccc(C[n+]2ccc(Cc3ccccc3)cc2)c1F. The summed E-state index contributed by atoms with van der Waals surface area (Å²) in [6.07, 6.45) is 4.64. The number of rotatable bonds is 4. The summed E-state index contributed by atoms with van der Waals surface area (Å²) >= 11 is 0. The molecule has 0 radical (unpaired) electrons. The Balaban J connectivity index is 1.73. The topological polar surface area (TPSA) is 3.88 Å². The summed E-state index contributed by atoms with van der Waals surface area (Å²) in [5.74, 6) is -1.58. The van der Waals surface area contributed by atoms with E-state index < -0.39 is 11.6 Å². The maximum Gasteiger partial charge on any atom is 0.176 e. The molecule has 0 saturated heterocycles. The highest BCUT2D eigenvalue weighted by molar-refractivity contribution is 5.23. The van der Waals surface area contributed by atoms with Crippen LogP contribution >= 0.6 is 0 Å². The van der Waals surface area contributed by atoms with Crippen molar-refractivity contribution in [3.05, 3.63) is 101 Å². The Morgan fingerprint density at radius 3 is 2.14 bits per heavy atom. The third-order valence-corrected chi connectivity index (χ3v) is 3.60. The third kappa shape index (κ3) is 3.37. The van der Waals surface area contributed by atoms with Gasteiger partial charge >= 0.3 is 0 Å². The third-order valence-electron chi connectivity index (χ3n) is 3.60. The van der Waals surface area contributed by atoms with Crippen LogP contribution in [0.1, 0.15) is 16.7 Å². The Morgan fingerprint density at radius 1 is 0.727 bits per heavy atom. The molecule has 0 bridgehead atoms. The number of halogens is 2. The number of hydrogen-bond donors (Lipinski definition) is 0. The molecule has 2 aromatic carbocycles. The van der Waals surface area contributed by atoms with Crippen molar-refractivity contribution in [1.82, 2.24) is 0 Å². The lowest BCUT2D eigenvalue weighted by atomic mass is 10.1. The maximum absolute atomic E-state index is 13.7. The minimum Gasteiger partial charge on any atom is -0.204 e. The molecular formula is C19H16F2N+. The Labute approximate surface area is 128 Å². The van der Waals surface area contributed by atoms with Crippen molar-refractivity contribution in [2.24, 2.45) is 0 Å². The predicted octanol–water partition coefficient (Wildman–Crippen LogP) is 3.89. The zero-order valence-corrected chi connectivity index (χ0v) is 12.0. The van der Waals surface area contributed by atoms with Gasteiger partial charge in [0.2, 0.25) is 0 Å². The van der Waals surface area contributed by atoms with Crippen LogP contribution in [0, 0.1) is 11.6 Å². The van der Waals surface area contributed by atoms with E-state index in [0.29, 0.717) is 12.1 Å². The fourth-order valence-electron chi connectivity index (χ4n) is 2.41. The summed E-state index contributed by atoms with van der Waals surface area (Å²) < 4.78 is 28.7. The molecule has 1 heterocycles. The van der Waals surface area contributed by atoms with E-state index in [1.165, 1.54) is 17.2 Å². The average Bonchev–Trinajstić information content (AvgIpc) is 2.55. The van der Waals surface area contributed by atoms with Crippen LogP contribution in [0.25, 0.3) is 0 Å². The van der Waals surface area contributed by atoms with Crippen molar-refractivity contribution >= 4 is 0 Å². The highest BCUT2D eigenvalue weighted by Gasteiger charge is 2.11. The Morgan fingerprint density at radius 2 is 1.41 bits per heavy atom. The van der Waals surface area contributed by atoms with Crippen molar-refractivity contribution in [3.63, 3.8) is 0 Å². The average molecular weight is 296 g/mol. The molecule has 110 valence electrons. The van der Waals surface area contributed by atoms with Gasteiger partial charge in [-0.15, -0.1) is 0 Å². The second-order valence-corrected chi connectivity index (χ2v) is 5.25. The number of pyridine rings is 1. The van der Waals surface area contributed by atoms with Crippen molar-refractivity contribution < 1.29 is 13.3 Å². The van der Waals surface area contributed by atoms with Crippen LogP contribution in [0.2, 0.25) is 0 Å². The number of hydrogen-bond acceptors (Lipinski definition) is 0. The molecule has 22 heavy (non-hydrogen) atoms. The van der Waals surface area contributed by atoms with Crippen LogP contribution in [0.4, 0.5) is 8.78 Å². The second-order valence-electron chi connectivity index (χ2n) is 5.25. The van der Waals surface area contributed by atoms with E-state index in [1.807, 2.05) is 47.3 Å². The number of nitrogens with zero attached hydrogens (tertiary/aromatic N) is 1. The fraction of sp³-hybridized carbons (Fsp3) is 0.105. The molecule has 0 N–H and O–H groups in total. The number of aromatic nitrogens is 1. The molecule has 3 aromatic rings. The van der Waals surface area contributed by atoms with Crippen LogP contribution in [0.5, 0.6) is 0 Å². The van der Waals surface area contributed by atoms with E-state index in [2.05, 4.69) is 12.1 Å². The van der Waals surface area contributed by atoms with Gasteiger partial charge in [-0.05, 0) is 29.7 Å². The molecule has 0 unspecified atom stereocenters. The molecule has 0 atom stereocenters. The van der Waals surface area contributed by atoms with Crippen LogP contribution in [-0.4, -0.2) is 0 Å². The Bertz CT molecular complexity index is 752. The van der Waals surface area contributed by atoms with Crippen molar-refractivity contribution in [2.45, 2.75) is 13.0 Å². The van der Waals surface area contributed by atoms with Crippen LogP contribution < -0.4 is 4.57 Å². The first-order chi connectivity index (χ1) is 10.7. The molecule has 0 aliphatic rings. The van der Waals surface area contributed by atoms with Crippen molar-refractivity contribution in [3.8, 4) is 0 Å². The number of benzene rings is 2. The first-order valence-electron chi connectivity index (χ1n) is 7.17. The van der Waals surface area contributed by atoms with Gasteiger partial charge in [0.25, 0.3) is 0 Å². The van der Waals surface area contributed by atoms with E-state index in [4.69, 9.17) is 0 Å². The van der Waals surface area contributed by atoms with Crippen molar-refractivity contribution in [1.29, 1.82) is 0 Å². The van der Waals surface area contributed by atoms with Gasteiger partial charge < -0.3 is 0 Å². The van der Waals surface area contributed by atoms with E-state index in [1.54, 1.807) is 6.07 Å². The lowest BCUT2D eigenvalue weighted by molar-refractivity contribution is -0.688. The summed E-state index contributed by atoms with van der Waals surface area (Å²) in [6, 6.07) is 18.5. The second kappa shape index (κ2) is 6.48. The van der Waals surface area contributed by atoms with E-state index in [-0.39, 0.29) is 0 Å². The van der Waals surface area contributed by atoms with E-state index in [9.17, 15) is 8.78 Å². The molecule has 0 aliphatic carbocycles. The lowest BCUT2D eigenvalue weighted by Crippen LogP contribution is -2.33. The Kier molecular flexibility index (Phi) is 4.24. The van der Waals surface area contributed by atoms with Gasteiger partial charge in [0.1, 0.15) is 0 Å². The van der Waals surface area contributed by atoms with Gasteiger partial charge in [0.15, 0.2) is 30.6 Å². The van der Waals surface area contributed by atoms with Crippen LogP contribution in [-0.2, 0) is 13.0 Å². The highest BCUT2D eigenvalue weighted by Crippen LogP contribution is 2.11. The standard InChI is InChI=1S/C19H16F2N/c20-18-8-4-7-17(19(18)21)14-22-11-9-16(10-12-22)13-15-5-2-1-3-6-15/h1-12H,13-14H2/q+1. The first-order valence-corrected chi connectivity index (χ1v) is 7.17. The molecule has 3 rings (SSSR count). The van der Waals surface area contributed by atoms with Gasteiger partial charge in [-0.2, -0.15) is 0 Å². The summed E-state index contributed by atoms with van der Waals surface area (Å²) in [6.45, 7) is 0.315. The largest absolute Gasteiger partial charge is 0.204 e. The van der Waals surface area contributed by atoms with E-state index >= 15 is 0 Å². The summed E-state index contributed by atoms with van der Waals surface area (Å²) in [4.78, 5) is 0. The van der Waals surface area contributed by atoms with E-state index in [0.717, 1.165) is 12.5 Å². The smallest absolute Gasteiger partial charge is 0.176 e. The quantitative estimate of drug-likeness (QED) is 0.643. The first kappa shape index (κ1) is 14.4. The van der Waals surface area contributed by atoms with Gasteiger partial charge in [-0.3, -0.25) is 0 Å². The summed E-state index contributed by atoms with van der Waals surface area (Å²) in [7, 11) is 0. The molecule has 1 aromatic heterocycles. The van der Waals surface area contributed by atoms with Gasteiger partial charge in [-0.25, -0.2) is 13.3 Å². The van der Waals surface area contributed by atoms with Crippen LogP contribution in [0.3, 0.4) is 0 Å². The fourth-order valence-corrected chi connectivity index (χ4v) is 2.41. The maximum atomic E-state index is 13.7. The molecule has 3 heteroatoms. The normalized spacial score (nSPS) is 10.6. The summed E-state index contributed by atoms with van der Waals surface area (Å²) in [5, 5.41) is 0. The molecule has 1 nitrogen and oxygen atoms in total. The van der Waals surface area contributed by atoms with Crippen molar-refractivity contribution in [2.75, 3.05) is 0 Å². The van der Waals surface area contributed by atoms with Gasteiger partial charge in [0, 0.05) is 12.1 Å². The highest BCUT2D eigenvalue weighted by atomic mass is 19.2. The minimum absolute atomic E-state index is 0.315. The Hall–Kier alpha value is -2.55. The zero-order valence-electron chi connectivity index (χ0n) is 12.0.